The molecule has 0 aromatic carbocycles. The van der Waals surface area contributed by atoms with Gasteiger partial charge in [0, 0.05) is 6.04 Å². The Kier molecular flexibility index (Phi) is 3.91. The second kappa shape index (κ2) is 3.95. The second-order valence-electron chi connectivity index (χ2n) is 5.36. The predicted octanol–water partition coefficient (Wildman–Crippen LogP) is 1.88. The standard InChI is InChI=1S/C10H23NO2/c1-8(9(2,3)4)11(13)10(5,6)7-12/h8,12-13H,7H2,1-6H3. The van der Waals surface area contributed by atoms with Crippen LogP contribution in [0.15, 0.2) is 0 Å². The van der Waals surface area contributed by atoms with E-state index < -0.39 is 5.54 Å². The van der Waals surface area contributed by atoms with Crippen molar-refractivity contribution < 1.29 is 10.3 Å². The Hall–Kier alpha value is -0.120. The van der Waals surface area contributed by atoms with Crippen LogP contribution in [0.1, 0.15) is 41.5 Å². The highest BCUT2D eigenvalue weighted by molar-refractivity contribution is 4.84. The van der Waals surface area contributed by atoms with Crippen LogP contribution in [0.5, 0.6) is 0 Å². The van der Waals surface area contributed by atoms with Gasteiger partial charge < -0.3 is 10.3 Å². The van der Waals surface area contributed by atoms with Crippen molar-refractivity contribution >= 4 is 0 Å². The quantitative estimate of drug-likeness (QED) is 0.666. The van der Waals surface area contributed by atoms with Gasteiger partial charge in [-0.05, 0) is 26.2 Å². The van der Waals surface area contributed by atoms with Gasteiger partial charge in [-0.3, -0.25) is 0 Å². The molecule has 0 spiro atoms. The number of hydroxylamine groups is 2. The summed E-state index contributed by atoms with van der Waals surface area (Å²) in [5.41, 5.74) is -0.576. The third-order valence-corrected chi connectivity index (χ3v) is 2.63. The molecule has 0 aliphatic rings. The molecule has 0 amide bonds. The smallest absolute Gasteiger partial charge is 0.0637 e. The normalized spacial score (nSPS) is 16.4. The van der Waals surface area contributed by atoms with Crippen LogP contribution in [-0.4, -0.2) is 33.6 Å². The highest BCUT2D eigenvalue weighted by Gasteiger charge is 2.34. The Labute approximate surface area is 81.3 Å². The Bertz CT molecular complexity index is 161. The molecule has 0 aromatic rings. The zero-order valence-electron chi connectivity index (χ0n) is 9.63. The van der Waals surface area contributed by atoms with Gasteiger partial charge in [-0.2, -0.15) is 5.06 Å². The molecule has 2 N–H and O–H groups in total. The minimum atomic E-state index is -0.577. The van der Waals surface area contributed by atoms with Crippen molar-refractivity contribution in [3.05, 3.63) is 0 Å². The van der Waals surface area contributed by atoms with Crippen LogP contribution >= 0.6 is 0 Å². The lowest BCUT2D eigenvalue weighted by molar-refractivity contribution is -0.218. The van der Waals surface area contributed by atoms with Gasteiger partial charge in [0.15, 0.2) is 0 Å². The summed E-state index contributed by atoms with van der Waals surface area (Å²) in [5, 5.41) is 20.2. The number of rotatable bonds is 3. The number of nitrogens with zero attached hydrogens (tertiary/aromatic N) is 1. The van der Waals surface area contributed by atoms with E-state index in [1.54, 1.807) is 0 Å². The Morgan fingerprint density at radius 1 is 1.15 bits per heavy atom. The predicted molar refractivity (Wildman–Crippen MR) is 53.7 cm³/mol. The lowest BCUT2D eigenvalue weighted by Crippen LogP contribution is -2.53. The van der Waals surface area contributed by atoms with Crippen LogP contribution in [0.25, 0.3) is 0 Å². The molecule has 1 unspecified atom stereocenters. The fourth-order valence-corrected chi connectivity index (χ4v) is 0.964. The van der Waals surface area contributed by atoms with Gasteiger partial charge in [0.25, 0.3) is 0 Å². The van der Waals surface area contributed by atoms with E-state index in [-0.39, 0.29) is 18.1 Å². The lowest BCUT2D eigenvalue weighted by Gasteiger charge is -2.41. The van der Waals surface area contributed by atoms with Gasteiger partial charge in [0.2, 0.25) is 0 Å². The second-order valence-corrected chi connectivity index (χ2v) is 5.36. The van der Waals surface area contributed by atoms with Gasteiger partial charge >= 0.3 is 0 Å². The highest BCUT2D eigenvalue weighted by Crippen LogP contribution is 2.27. The molecule has 0 rings (SSSR count). The third kappa shape index (κ3) is 3.25. The molecule has 0 saturated heterocycles. The van der Waals surface area contributed by atoms with Crippen LogP contribution in [0.4, 0.5) is 0 Å². The average molecular weight is 189 g/mol. The van der Waals surface area contributed by atoms with Crippen molar-refractivity contribution in [3.8, 4) is 0 Å². The summed E-state index contributed by atoms with van der Waals surface area (Å²) in [6.45, 7) is 11.7. The number of hydrogen-bond acceptors (Lipinski definition) is 3. The Morgan fingerprint density at radius 3 is 1.77 bits per heavy atom. The summed E-state index contributed by atoms with van der Waals surface area (Å²) in [5.74, 6) is 0. The van der Waals surface area contributed by atoms with E-state index in [9.17, 15) is 5.21 Å². The molecule has 0 radical (unpaired) electrons. The molecule has 80 valence electrons. The summed E-state index contributed by atoms with van der Waals surface area (Å²) in [7, 11) is 0. The maximum absolute atomic E-state index is 9.85. The van der Waals surface area contributed by atoms with Crippen molar-refractivity contribution in [2.24, 2.45) is 5.41 Å². The number of aliphatic hydroxyl groups is 1. The van der Waals surface area contributed by atoms with E-state index in [4.69, 9.17) is 5.11 Å². The molecule has 0 aromatic heterocycles. The highest BCUT2D eigenvalue weighted by atomic mass is 16.5. The van der Waals surface area contributed by atoms with Crippen molar-refractivity contribution in [1.29, 1.82) is 0 Å². The van der Waals surface area contributed by atoms with Crippen LogP contribution in [0.3, 0.4) is 0 Å². The summed E-state index contributed by atoms with van der Waals surface area (Å²) in [6, 6.07) is 0.00894. The SMILES string of the molecule is CC(N(O)C(C)(C)CO)C(C)(C)C. The van der Waals surface area contributed by atoms with Gasteiger partial charge in [-0.15, -0.1) is 0 Å². The van der Waals surface area contributed by atoms with Gasteiger partial charge in [0.05, 0.1) is 12.1 Å². The van der Waals surface area contributed by atoms with Crippen LogP contribution < -0.4 is 0 Å². The summed E-state index contributed by atoms with van der Waals surface area (Å²) in [6.07, 6.45) is 0. The first-order valence-electron chi connectivity index (χ1n) is 4.72. The molecule has 13 heavy (non-hydrogen) atoms. The van der Waals surface area contributed by atoms with Crippen molar-refractivity contribution in [2.75, 3.05) is 6.61 Å². The first kappa shape index (κ1) is 12.9. The van der Waals surface area contributed by atoms with E-state index in [1.165, 1.54) is 5.06 Å². The zero-order valence-corrected chi connectivity index (χ0v) is 9.63. The topological polar surface area (TPSA) is 43.7 Å². The maximum Gasteiger partial charge on any atom is 0.0637 e. The molecule has 3 heteroatoms. The van der Waals surface area contributed by atoms with E-state index in [1.807, 2.05) is 20.8 Å². The van der Waals surface area contributed by atoms with E-state index in [0.29, 0.717) is 0 Å². The summed E-state index contributed by atoms with van der Waals surface area (Å²) in [4.78, 5) is 0. The van der Waals surface area contributed by atoms with Crippen molar-refractivity contribution in [2.45, 2.75) is 53.1 Å². The van der Waals surface area contributed by atoms with Gasteiger partial charge in [-0.1, -0.05) is 20.8 Å². The number of aliphatic hydroxyl groups excluding tert-OH is 1. The molecule has 0 aliphatic heterocycles. The summed E-state index contributed by atoms with van der Waals surface area (Å²) < 4.78 is 0. The molecule has 0 aliphatic carbocycles. The number of hydrogen-bond donors (Lipinski definition) is 2. The van der Waals surface area contributed by atoms with Crippen LogP contribution in [0, 0.1) is 5.41 Å². The van der Waals surface area contributed by atoms with Crippen molar-refractivity contribution in [1.82, 2.24) is 5.06 Å². The molecule has 3 nitrogen and oxygen atoms in total. The minimum absolute atomic E-state index is 0.00118. The molecular weight excluding hydrogens is 166 g/mol. The summed E-state index contributed by atoms with van der Waals surface area (Å²) >= 11 is 0. The largest absolute Gasteiger partial charge is 0.394 e. The Balaban J connectivity index is 4.52. The molecular formula is C10H23NO2. The molecule has 0 bridgehead atoms. The monoisotopic (exact) mass is 189 g/mol. The third-order valence-electron chi connectivity index (χ3n) is 2.63. The van der Waals surface area contributed by atoms with Crippen molar-refractivity contribution in [3.63, 3.8) is 0 Å². The lowest BCUT2D eigenvalue weighted by atomic mass is 9.86. The molecule has 0 heterocycles. The zero-order chi connectivity index (χ0) is 10.9. The molecule has 0 fully saturated rings. The van der Waals surface area contributed by atoms with Crippen LogP contribution in [-0.2, 0) is 0 Å². The van der Waals surface area contributed by atoms with Crippen LogP contribution in [0.2, 0.25) is 0 Å². The fraction of sp³-hybridized carbons (Fsp3) is 1.00. The van der Waals surface area contributed by atoms with Gasteiger partial charge in [0.1, 0.15) is 0 Å². The average Bonchev–Trinajstić information content (AvgIpc) is 2.00. The molecule has 0 saturated carbocycles. The van der Waals surface area contributed by atoms with Gasteiger partial charge in [-0.25, -0.2) is 0 Å². The first-order valence-corrected chi connectivity index (χ1v) is 4.72. The van der Waals surface area contributed by atoms with E-state index in [2.05, 4.69) is 20.8 Å². The minimum Gasteiger partial charge on any atom is -0.394 e. The Morgan fingerprint density at radius 2 is 1.54 bits per heavy atom. The van der Waals surface area contributed by atoms with E-state index in [0.717, 1.165) is 0 Å². The molecule has 1 atom stereocenters. The first-order chi connectivity index (χ1) is 5.63. The van der Waals surface area contributed by atoms with E-state index >= 15 is 0 Å². The maximum atomic E-state index is 9.85. The fourth-order valence-electron chi connectivity index (χ4n) is 0.964.